The topological polar surface area (TPSA) is 12.0 Å². The maximum atomic E-state index is 3.55. The maximum absolute atomic E-state index is 3.55. The molecule has 1 unspecified atom stereocenters. The first kappa shape index (κ1) is 12.2. The van der Waals surface area contributed by atoms with Crippen LogP contribution in [0.1, 0.15) is 35.2 Å². The molecule has 1 heterocycles. The second-order valence-electron chi connectivity index (χ2n) is 4.39. The van der Waals surface area contributed by atoms with Crippen LogP contribution in [0.25, 0.3) is 0 Å². The molecular formula is C15H19NS. The average molecular weight is 245 g/mol. The van der Waals surface area contributed by atoms with Crippen molar-refractivity contribution in [3.8, 4) is 0 Å². The third kappa shape index (κ3) is 3.10. The molecule has 0 amide bonds. The van der Waals surface area contributed by atoms with Crippen LogP contribution in [0.15, 0.2) is 36.4 Å². The van der Waals surface area contributed by atoms with Gasteiger partial charge in [0.1, 0.15) is 0 Å². The Balaban J connectivity index is 2.08. The second kappa shape index (κ2) is 5.37. The quantitative estimate of drug-likeness (QED) is 0.816. The van der Waals surface area contributed by atoms with Gasteiger partial charge in [0.15, 0.2) is 0 Å². The zero-order chi connectivity index (χ0) is 12.3. The summed E-state index contributed by atoms with van der Waals surface area (Å²) < 4.78 is 0. The van der Waals surface area contributed by atoms with Gasteiger partial charge in [0.25, 0.3) is 0 Å². The highest BCUT2D eigenvalue weighted by Crippen LogP contribution is 2.26. The van der Waals surface area contributed by atoms with Gasteiger partial charge in [-0.05, 0) is 50.1 Å². The van der Waals surface area contributed by atoms with E-state index in [1.807, 2.05) is 11.3 Å². The summed E-state index contributed by atoms with van der Waals surface area (Å²) >= 11 is 1.90. The van der Waals surface area contributed by atoms with Gasteiger partial charge in [-0.2, -0.15) is 0 Å². The van der Waals surface area contributed by atoms with Gasteiger partial charge in [-0.25, -0.2) is 0 Å². The Morgan fingerprint density at radius 2 is 2.06 bits per heavy atom. The summed E-state index contributed by atoms with van der Waals surface area (Å²) in [6.45, 7) is 6.54. The van der Waals surface area contributed by atoms with E-state index in [9.17, 15) is 0 Å². The molecule has 1 N–H and O–H groups in total. The third-order valence-corrected chi connectivity index (χ3v) is 4.27. The van der Waals surface area contributed by atoms with Crippen LogP contribution in [0.3, 0.4) is 0 Å². The van der Waals surface area contributed by atoms with Crippen molar-refractivity contribution in [1.82, 2.24) is 0 Å². The standard InChI is InChI=1S/C15H19NS/c1-4-14-8-9-15(17-14)12(3)16-13-7-5-6-11(2)10-13/h5-10,12,16H,4H2,1-3H3. The molecule has 0 spiro atoms. The van der Waals surface area contributed by atoms with Crippen LogP contribution in [-0.2, 0) is 6.42 Å². The van der Waals surface area contributed by atoms with Crippen molar-refractivity contribution in [2.45, 2.75) is 33.2 Å². The predicted octanol–water partition coefficient (Wildman–Crippen LogP) is 4.79. The minimum atomic E-state index is 0.377. The van der Waals surface area contributed by atoms with Gasteiger partial charge in [0.05, 0.1) is 6.04 Å². The number of aryl methyl sites for hydroxylation is 2. The molecular weight excluding hydrogens is 226 g/mol. The van der Waals surface area contributed by atoms with Crippen LogP contribution in [0, 0.1) is 6.92 Å². The molecule has 1 aromatic carbocycles. The van der Waals surface area contributed by atoms with E-state index >= 15 is 0 Å². The molecule has 0 aliphatic rings. The zero-order valence-electron chi connectivity index (χ0n) is 10.7. The molecule has 2 heteroatoms. The van der Waals surface area contributed by atoms with Gasteiger partial charge in [-0.1, -0.05) is 19.1 Å². The molecule has 0 saturated carbocycles. The van der Waals surface area contributed by atoms with Gasteiger partial charge < -0.3 is 5.32 Å². The first-order valence-electron chi connectivity index (χ1n) is 6.11. The normalized spacial score (nSPS) is 12.4. The first-order chi connectivity index (χ1) is 8.19. The van der Waals surface area contributed by atoms with Crippen LogP contribution < -0.4 is 5.32 Å². The van der Waals surface area contributed by atoms with Crippen LogP contribution in [-0.4, -0.2) is 0 Å². The molecule has 1 aromatic heterocycles. The number of hydrogen-bond donors (Lipinski definition) is 1. The van der Waals surface area contributed by atoms with Gasteiger partial charge in [-0.3, -0.25) is 0 Å². The average Bonchev–Trinajstić information content (AvgIpc) is 2.77. The molecule has 17 heavy (non-hydrogen) atoms. The van der Waals surface area contributed by atoms with E-state index in [1.54, 1.807) is 0 Å². The van der Waals surface area contributed by atoms with Crippen molar-refractivity contribution in [2.24, 2.45) is 0 Å². The molecule has 90 valence electrons. The number of thiophene rings is 1. The lowest BCUT2D eigenvalue weighted by molar-refractivity contribution is 0.908. The van der Waals surface area contributed by atoms with Crippen molar-refractivity contribution in [1.29, 1.82) is 0 Å². The Labute approximate surface area is 108 Å². The number of anilines is 1. The van der Waals surface area contributed by atoms with Crippen molar-refractivity contribution < 1.29 is 0 Å². The lowest BCUT2D eigenvalue weighted by Gasteiger charge is -2.14. The number of benzene rings is 1. The van der Waals surface area contributed by atoms with Gasteiger partial charge in [-0.15, -0.1) is 11.3 Å². The van der Waals surface area contributed by atoms with Gasteiger partial charge in [0, 0.05) is 15.4 Å². The summed E-state index contributed by atoms with van der Waals surface area (Å²) in [4.78, 5) is 2.86. The minimum Gasteiger partial charge on any atom is -0.378 e. The molecule has 0 bridgehead atoms. The molecule has 0 saturated heterocycles. The molecule has 0 fully saturated rings. The van der Waals surface area contributed by atoms with E-state index in [1.165, 1.54) is 21.0 Å². The summed E-state index contributed by atoms with van der Waals surface area (Å²) in [5.74, 6) is 0. The van der Waals surface area contributed by atoms with Crippen LogP contribution in [0.2, 0.25) is 0 Å². The van der Waals surface area contributed by atoms with Crippen molar-refractivity contribution in [3.63, 3.8) is 0 Å². The SMILES string of the molecule is CCc1ccc(C(C)Nc2cccc(C)c2)s1. The van der Waals surface area contributed by atoms with Gasteiger partial charge >= 0.3 is 0 Å². The maximum Gasteiger partial charge on any atom is 0.0578 e. The third-order valence-electron chi connectivity index (χ3n) is 2.86. The summed E-state index contributed by atoms with van der Waals surface area (Å²) in [6.07, 6.45) is 1.13. The Hall–Kier alpha value is -1.28. The lowest BCUT2D eigenvalue weighted by atomic mass is 10.2. The summed E-state index contributed by atoms with van der Waals surface area (Å²) in [5, 5.41) is 3.55. The molecule has 0 aliphatic heterocycles. The number of nitrogens with one attached hydrogen (secondary N) is 1. The Morgan fingerprint density at radius 1 is 1.24 bits per heavy atom. The number of rotatable bonds is 4. The monoisotopic (exact) mass is 245 g/mol. The fraction of sp³-hybridized carbons (Fsp3) is 0.333. The van der Waals surface area contributed by atoms with E-state index in [0.29, 0.717) is 6.04 Å². The molecule has 2 aromatic rings. The highest BCUT2D eigenvalue weighted by Gasteiger charge is 2.07. The van der Waals surface area contributed by atoms with E-state index in [-0.39, 0.29) is 0 Å². The molecule has 1 nitrogen and oxygen atoms in total. The summed E-state index contributed by atoms with van der Waals surface area (Å²) in [7, 11) is 0. The van der Waals surface area contributed by atoms with Gasteiger partial charge in [0.2, 0.25) is 0 Å². The minimum absolute atomic E-state index is 0.377. The van der Waals surface area contributed by atoms with Crippen LogP contribution in [0.5, 0.6) is 0 Å². The van der Waals surface area contributed by atoms with E-state index in [2.05, 4.69) is 62.5 Å². The van der Waals surface area contributed by atoms with Crippen molar-refractivity contribution in [2.75, 3.05) is 5.32 Å². The Kier molecular flexibility index (Phi) is 3.85. The highest BCUT2D eigenvalue weighted by atomic mass is 32.1. The first-order valence-corrected chi connectivity index (χ1v) is 6.92. The largest absolute Gasteiger partial charge is 0.378 e. The molecule has 0 radical (unpaired) electrons. The lowest BCUT2D eigenvalue weighted by Crippen LogP contribution is -2.04. The summed E-state index contributed by atoms with van der Waals surface area (Å²) in [5.41, 5.74) is 2.49. The smallest absolute Gasteiger partial charge is 0.0578 e. The molecule has 0 aliphatic carbocycles. The Morgan fingerprint density at radius 3 is 2.71 bits per heavy atom. The van der Waals surface area contributed by atoms with Crippen LogP contribution in [0.4, 0.5) is 5.69 Å². The molecule has 1 atom stereocenters. The highest BCUT2D eigenvalue weighted by molar-refractivity contribution is 7.12. The fourth-order valence-corrected chi connectivity index (χ4v) is 2.83. The van der Waals surface area contributed by atoms with E-state index in [0.717, 1.165) is 6.42 Å². The molecule has 2 rings (SSSR count). The van der Waals surface area contributed by atoms with Crippen LogP contribution >= 0.6 is 11.3 Å². The zero-order valence-corrected chi connectivity index (χ0v) is 11.5. The van der Waals surface area contributed by atoms with E-state index in [4.69, 9.17) is 0 Å². The fourth-order valence-electron chi connectivity index (χ4n) is 1.87. The number of hydrogen-bond acceptors (Lipinski definition) is 2. The predicted molar refractivity (Wildman–Crippen MR) is 76.9 cm³/mol. The Bertz CT molecular complexity index is 487. The van der Waals surface area contributed by atoms with Crippen molar-refractivity contribution >= 4 is 17.0 Å². The van der Waals surface area contributed by atoms with E-state index < -0.39 is 0 Å². The second-order valence-corrected chi connectivity index (χ2v) is 5.59. The summed E-state index contributed by atoms with van der Waals surface area (Å²) in [6, 6.07) is 13.4. The van der Waals surface area contributed by atoms with Crippen molar-refractivity contribution in [3.05, 3.63) is 51.7 Å².